The van der Waals surface area contributed by atoms with Gasteiger partial charge in [0.2, 0.25) is 5.82 Å². The van der Waals surface area contributed by atoms with E-state index < -0.39 is 4.92 Å². The van der Waals surface area contributed by atoms with Crippen molar-refractivity contribution in [3.8, 4) is 0 Å². The number of nitro groups is 1. The van der Waals surface area contributed by atoms with Crippen molar-refractivity contribution in [3.05, 3.63) is 52.9 Å². The first kappa shape index (κ1) is 9.39. The number of pyridine rings is 1. The first-order chi connectivity index (χ1) is 7.29. The van der Waals surface area contributed by atoms with Gasteiger partial charge in [0.05, 0.1) is 4.92 Å². The average molecular weight is 203 g/mol. The Morgan fingerprint density at radius 2 is 2.33 bits per heavy atom. The normalized spacial score (nSPS) is 14.3. The minimum absolute atomic E-state index is 0.0254. The van der Waals surface area contributed by atoms with Gasteiger partial charge in [0.25, 0.3) is 0 Å². The number of hydrogen-bond donors (Lipinski definition) is 0. The molecule has 2 rings (SSSR count). The summed E-state index contributed by atoms with van der Waals surface area (Å²) in [6.45, 7) is 0.606. The summed E-state index contributed by atoms with van der Waals surface area (Å²) in [6, 6.07) is 3.01. The van der Waals surface area contributed by atoms with Gasteiger partial charge in [-0.25, -0.2) is 4.98 Å². The summed E-state index contributed by atoms with van der Waals surface area (Å²) in [5.41, 5.74) is 0.0254. The van der Waals surface area contributed by atoms with Crippen molar-refractivity contribution in [2.75, 3.05) is 11.4 Å². The summed E-state index contributed by atoms with van der Waals surface area (Å²) in [4.78, 5) is 16.1. The number of anilines is 1. The van der Waals surface area contributed by atoms with Crippen LogP contribution in [0.3, 0.4) is 0 Å². The SMILES string of the molecule is O=[N+]([O-])c1cccnc1N1C=CC=CC1. The molecule has 1 aliphatic rings. The van der Waals surface area contributed by atoms with E-state index in [-0.39, 0.29) is 5.69 Å². The second-order valence-electron chi connectivity index (χ2n) is 3.03. The zero-order valence-corrected chi connectivity index (χ0v) is 7.91. The van der Waals surface area contributed by atoms with Crippen molar-refractivity contribution >= 4 is 11.5 Å². The van der Waals surface area contributed by atoms with Crippen LogP contribution in [0, 0.1) is 10.1 Å². The van der Waals surface area contributed by atoms with E-state index in [2.05, 4.69) is 4.98 Å². The van der Waals surface area contributed by atoms with Crippen LogP contribution >= 0.6 is 0 Å². The first-order valence-corrected chi connectivity index (χ1v) is 4.48. The molecule has 0 unspecified atom stereocenters. The standard InChI is InChI=1S/C10H9N3O2/c14-13(15)9-5-4-6-11-10(9)12-7-2-1-3-8-12/h1-7H,8H2. The third-order valence-corrected chi connectivity index (χ3v) is 2.05. The summed E-state index contributed by atoms with van der Waals surface area (Å²) < 4.78 is 0. The lowest BCUT2D eigenvalue weighted by molar-refractivity contribution is -0.384. The Bertz CT molecular complexity index is 440. The minimum atomic E-state index is -0.422. The molecular formula is C10H9N3O2. The minimum Gasteiger partial charge on any atom is -0.323 e. The summed E-state index contributed by atoms with van der Waals surface area (Å²) >= 11 is 0. The van der Waals surface area contributed by atoms with Crippen LogP contribution in [0.1, 0.15) is 0 Å². The van der Waals surface area contributed by atoms with Gasteiger partial charge in [0, 0.05) is 25.0 Å². The van der Waals surface area contributed by atoms with Gasteiger partial charge >= 0.3 is 5.69 Å². The molecule has 0 aromatic carbocycles. The Morgan fingerprint density at radius 1 is 1.47 bits per heavy atom. The van der Waals surface area contributed by atoms with Crippen LogP contribution in [0.15, 0.2) is 42.8 Å². The predicted octanol–water partition coefficient (Wildman–Crippen LogP) is 1.88. The number of rotatable bonds is 2. The van der Waals surface area contributed by atoms with Gasteiger partial charge < -0.3 is 4.90 Å². The summed E-state index contributed by atoms with van der Waals surface area (Å²) in [7, 11) is 0. The summed E-state index contributed by atoms with van der Waals surface area (Å²) in [6.07, 6.45) is 8.95. The van der Waals surface area contributed by atoms with Crippen LogP contribution in [-0.2, 0) is 0 Å². The second kappa shape index (κ2) is 3.91. The second-order valence-corrected chi connectivity index (χ2v) is 3.03. The quantitative estimate of drug-likeness (QED) is 0.544. The molecule has 76 valence electrons. The van der Waals surface area contributed by atoms with Crippen LogP contribution in [0.5, 0.6) is 0 Å². The van der Waals surface area contributed by atoms with Crippen LogP contribution in [0.4, 0.5) is 11.5 Å². The molecule has 1 aromatic rings. The Morgan fingerprint density at radius 3 is 3.00 bits per heavy atom. The van der Waals surface area contributed by atoms with Crippen molar-refractivity contribution < 1.29 is 4.92 Å². The van der Waals surface area contributed by atoms with E-state index in [1.165, 1.54) is 6.07 Å². The largest absolute Gasteiger partial charge is 0.323 e. The highest BCUT2D eigenvalue weighted by molar-refractivity contribution is 5.60. The Kier molecular flexibility index (Phi) is 2.45. The fraction of sp³-hybridized carbons (Fsp3) is 0.100. The molecule has 0 spiro atoms. The van der Waals surface area contributed by atoms with Gasteiger partial charge in [0.15, 0.2) is 0 Å². The molecule has 0 radical (unpaired) electrons. The lowest BCUT2D eigenvalue weighted by Gasteiger charge is -2.18. The molecular weight excluding hydrogens is 194 g/mol. The molecule has 0 bridgehead atoms. The fourth-order valence-electron chi connectivity index (χ4n) is 1.38. The van der Waals surface area contributed by atoms with E-state index in [9.17, 15) is 10.1 Å². The van der Waals surface area contributed by atoms with Crippen LogP contribution in [-0.4, -0.2) is 16.5 Å². The van der Waals surface area contributed by atoms with Gasteiger partial charge in [-0.3, -0.25) is 10.1 Å². The molecule has 0 saturated carbocycles. The maximum atomic E-state index is 10.8. The molecule has 5 heteroatoms. The zero-order chi connectivity index (χ0) is 10.7. The van der Waals surface area contributed by atoms with E-state index >= 15 is 0 Å². The predicted molar refractivity (Wildman–Crippen MR) is 56.5 cm³/mol. The van der Waals surface area contributed by atoms with E-state index in [1.807, 2.05) is 18.2 Å². The van der Waals surface area contributed by atoms with Crippen LogP contribution in [0.2, 0.25) is 0 Å². The molecule has 1 aromatic heterocycles. The van der Waals surface area contributed by atoms with Crippen LogP contribution < -0.4 is 4.90 Å². The molecule has 15 heavy (non-hydrogen) atoms. The monoisotopic (exact) mass is 203 g/mol. The number of allylic oxidation sites excluding steroid dienone is 2. The third-order valence-electron chi connectivity index (χ3n) is 2.05. The van der Waals surface area contributed by atoms with E-state index in [0.717, 1.165) is 0 Å². The lowest BCUT2D eigenvalue weighted by atomic mass is 10.3. The molecule has 5 nitrogen and oxygen atoms in total. The van der Waals surface area contributed by atoms with Crippen molar-refractivity contribution in [1.82, 2.24) is 4.98 Å². The smallest absolute Gasteiger partial charge is 0.311 e. The Balaban J connectivity index is 2.39. The average Bonchev–Trinajstić information content (AvgIpc) is 2.30. The molecule has 2 heterocycles. The van der Waals surface area contributed by atoms with Gasteiger partial charge in [0.1, 0.15) is 0 Å². The first-order valence-electron chi connectivity index (χ1n) is 4.48. The number of hydrogen-bond acceptors (Lipinski definition) is 4. The highest BCUT2D eigenvalue weighted by atomic mass is 16.6. The van der Waals surface area contributed by atoms with Gasteiger partial charge in [-0.05, 0) is 12.1 Å². The molecule has 0 amide bonds. The number of nitrogens with zero attached hydrogens (tertiary/aromatic N) is 3. The van der Waals surface area contributed by atoms with Crippen molar-refractivity contribution in [1.29, 1.82) is 0 Å². The third kappa shape index (κ3) is 1.85. The maximum absolute atomic E-state index is 10.8. The molecule has 0 aliphatic carbocycles. The molecule has 0 atom stereocenters. The summed E-state index contributed by atoms with van der Waals surface area (Å²) in [5.74, 6) is 0.378. The van der Waals surface area contributed by atoms with E-state index in [4.69, 9.17) is 0 Å². The van der Waals surface area contributed by atoms with E-state index in [0.29, 0.717) is 12.4 Å². The molecule has 0 saturated heterocycles. The zero-order valence-electron chi connectivity index (χ0n) is 7.91. The molecule has 0 N–H and O–H groups in total. The number of aromatic nitrogens is 1. The lowest BCUT2D eigenvalue weighted by Crippen LogP contribution is -2.19. The van der Waals surface area contributed by atoms with Gasteiger partial charge in [-0.15, -0.1) is 0 Å². The fourth-order valence-corrected chi connectivity index (χ4v) is 1.38. The Hall–Kier alpha value is -2.17. The van der Waals surface area contributed by atoms with Crippen molar-refractivity contribution in [2.24, 2.45) is 0 Å². The van der Waals surface area contributed by atoms with Crippen LogP contribution in [0.25, 0.3) is 0 Å². The van der Waals surface area contributed by atoms with E-state index in [1.54, 1.807) is 23.4 Å². The Labute approximate surface area is 86.5 Å². The molecule has 1 aliphatic heterocycles. The molecule has 0 fully saturated rings. The maximum Gasteiger partial charge on any atom is 0.311 e. The van der Waals surface area contributed by atoms with Gasteiger partial charge in [-0.1, -0.05) is 12.2 Å². The van der Waals surface area contributed by atoms with Crippen molar-refractivity contribution in [3.63, 3.8) is 0 Å². The highest BCUT2D eigenvalue weighted by Gasteiger charge is 2.18. The van der Waals surface area contributed by atoms with Crippen molar-refractivity contribution in [2.45, 2.75) is 0 Å². The van der Waals surface area contributed by atoms with Gasteiger partial charge in [-0.2, -0.15) is 0 Å². The highest BCUT2D eigenvalue weighted by Crippen LogP contribution is 2.25. The topological polar surface area (TPSA) is 59.3 Å². The summed E-state index contributed by atoms with van der Waals surface area (Å²) in [5, 5.41) is 10.8.